The van der Waals surface area contributed by atoms with Crippen LogP contribution in [0, 0.1) is 0 Å². The summed E-state index contributed by atoms with van der Waals surface area (Å²) < 4.78 is 5.50. The van der Waals surface area contributed by atoms with Crippen LogP contribution in [0.25, 0.3) is 0 Å². The van der Waals surface area contributed by atoms with Gasteiger partial charge in [-0.3, -0.25) is 9.97 Å². The van der Waals surface area contributed by atoms with Crippen LogP contribution < -0.4 is 5.32 Å². The minimum Gasteiger partial charge on any atom is -0.444 e. The van der Waals surface area contributed by atoms with Crippen LogP contribution in [0.15, 0.2) is 18.6 Å². The van der Waals surface area contributed by atoms with E-state index in [1.54, 1.807) is 18.6 Å². The summed E-state index contributed by atoms with van der Waals surface area (Å²) in [7, 11) is 0. The number of piperidine rings is 1. The molecule has 1 aliphatic rings. The third-order valence-corrected chi connectivity index (χ3v) is 3.78. The Hall–Kier alpha value is -1.69. The van der Waals surface area contributed by atoms with Crippen LogP contribution in [0.4, 0.5) is 4.79 Å². The summed E-state index contributed by atoms with van der Waals surface area (Å²) in [6.07, 6.45) is 6.89. The maximum Gasteiger partial charge on any atom is 0.410 e. The molecular formula is C16H26N4O2. The highest BCUT2D eigenvalue weighted by Gasteiger charge is 2.33. The second-order valence-corrected chi connectivity index (χ2v) is 6.74. The molecule has 0 aliphatic carbocycles. The van der Waals surface area contributed by atoms with Gasteiger partial charge in [0, 0.05) is 43.8 Å². The van der Waals surface area contributed by atoms with Gasteiger partial charge in [0.15, 0.2) is 0 Å². The second kappa shape index (κ2) is 7.05. The van der Waals surface area contributed by atoms with Crippen molar-refractivity contribution in [3.63, 3.8) is 0 Å². The van der Waals surface area contributed by atoms with E-state index in [-0.39, 0.29) is 18.2 Å². The van der Waals surface area contributed by atoms with Crippen LogP contribution in [-0.4, -0.2) is 45.2 Å². The van der Waals surface area contributed by atoms with Crippen LogP contribution in [0.5, 0.6) is 0 Å². The molecule has 0 aromatic carbocycles. The molecule has 2 atom stereocenters. The zero-order valence-electron chi connectivity index (χ0n) is 13.9. The average molecular weight is 306 g/mol. The SMILES string of the molecule is CC1C(NCc2cnccn2)CCCN1C(=O)OC(C)(C)C. The minimum absolute atomic E-state index is 0.0975. The Morgan fingerprint density at radius 2 is 2.23 bits per heavy atom. The third-order valence-electron chi connectivity index (χ3n) is 3.78. The van der Waals surface area contributed by atoms with Crippen molar-refractivity contribution in [2.45, 2.75) is 64.8 Å². The summed E-state index contributed by atoms with van der Waals surface area (Å²) in [5.74, 6) is 0. The third kappa shape index (κ3) is 4.66. The van der Waals surface area contributed by atoms with Gasteiger partial charge in [0.1, 0.15) is 5.60 Å². The van der Waals surface area contributed by atoms with Crippen LogP contribution in [-0.2, 0) is 11.3 Å². The molecule has 1 amide bonds. The van der Waals surface area contributed by atoms with Crippen LogP contribution in [0.1, 0.15) is 46.2 Å². The fraction of sp³-hybridized carbons (Fsp3) is 0.688. The predicted octanol–water partition coefficient (Wildman–Crippen LogP) is 2.35. The van der Waals surface area contributed by atoms with Crippen LogP contribution in [0.3, 0.4) is 0 Å². The molecule has 2 heterocycles. The fourth-order valence-corrected chi connectivity index (χ4v) is 2.65. The number of nitrogens with one attached hydrogen (secondary N) is 1. The monoisotopic (exact) mass is 306 g/mol. The number of nitrogens with zero attached hydrogens (tertiary/aromatic N) is 3. The molecule has 1 aromatic rings. The van der Waals surface area contributed by atoms with E-state index in [9.17, 15) is 4.79 Å². The molecular weight excluding hydrogens is 280 g/mol. The van der Waals surface area contributed by atoms with Gasteiger partial charge >= 0.3 is 6.09 Å². The maximum atomic E-state index is 12.3. The number of carbonyl (C=O) groups is 1. The van der Waals surface area contributed by atoms with Gasteiger partial charge in [0.25, 0.3) is 0 Å². The van der Waals surface area contributed by atoms with Crippen LogP contribution >= 0.6 is 0 Å². The lowest BCUT2D eigenvalue weighted by molar-refractivity contribution is 0.00697. The van der Waals surface area contributed by atoms with Crippen molar-refractivity contribution < 1.29 is 9.53 Å². The van der Waals surface area contributed by atoms with E-state index in [0.29, 0.717) is 6.54 Å². The Morgan fingerprint density at radius 3 is 2.86 bits per heavy atom. The molecule has 1 aliphatic heterocycles. The molecule has 1 fully saturated rings. The lowest BCUT2D eigenvalue weighted by atomic mass is 9.98. The molecule has 6 heteroatoms. The van der Waals surface area contributed by atoms with E-state index in [1.807, 2.05) is 25.7 Å². The lowest BCUT2D eigenvalue weighted by Crippen LogP contribution is -2.55. The van der Waals surface area contributed by atoms with Gasteiger partial charge in [-0.2, -0.15) is 0 Å². The van der Waals surface area contributed by atoms with Gasteiger partial charge < -0.3 is 15.0 Å². The lowest BCUT2D eigenvalue weighted by Gasteiger charge is -2.40. The van der Waals surface area contributed by atoms with Crippen LogP contribution in [0.2, 0.25) is 0 Å². The number of amides is 1. The first-order valence-electron chi connectivity index (χ1n) is 7.85. The van der Waals surface area contributed by atoms with Gasteiger partial charge in [-0.25, -0.2) is 4.79 Å². The molecule has 0 radical (unpaired) electrons. The number of ether oxygens (including phenoxy) is 1. The van der Waals surface area contributed by atoms with Crippen molar-refractivity contribution in [1.29, 1.82) is 0 Å². The summed E-state index contributed by atoms with van der Waals surface area (Å²) in [4.78, 5) is 22.4. The molecule has 2 rings (SSSR count). The quantitative estimate of drug-likeness (QED) is 0.928. The number of rotatable bonds is 3. The van der Waals surface area contributed by atoms with E-state index in [4.69, 9.17) is 4.74 Å². The zero-order valence-corrected chi connectivity index (χ0v) is 13.9. The molecule has 1 aromatic heterocycles. The van der Waals surface area contributed by atoms with E-state index in [0.717, 1.165) is 25.1 Å². The molecule has 122 valence electrons. The highest BCUT2D eigenvalue weighted by molar-refractivity contribution is 5.68. The van der Waals surface area contributed by atoms with Gasteiger partial charge in [-0.05, 0) is 40.5 Å². The predicted molar refractivity (Wildman–Crippen MR) is 84.3 cm³/mol. The molecule has 1 N–H and O–H groups in total. The van der Waals surface area contributed by atoms with Crippen molar-refractivity contribution in [3.8, 4) is 0 Å². The number of carbonyl (C=O) groups excluding carboxylic acids is 1. The number of hydrogen-bond acceptors (Lipinski definition) is 5. The molecule has 1 saturated heterocycles. The Bertz CT molecular complexity index is 487. The van der Waals surface area contributed by atoms with Gasteiger partial charge in [0.2, 0.25) is 0 Å². The molecule has 2 unspecified atom stereocenters. The van der Waals surface area contributed by atoms with E-state index in [1.165, 1.54) is 0 Å². The van der Waals surface area contributed by atoms with Gasteiger partial charge in [-0.15, -0.1) is 0 Å². The molecule has 0 bridgehead atoms. The largest absolute Gasteiger partial charge is 0.444 e. The summed E-state index contributed by atoms with van der Waals surface area (Å²) >= 11 is 0. The first kappa shape index (κ1) is 16.7. The zero-order chi connectivity index (χ0) is 16.2. The maximum absolute atomic E-state index is 12.3. The van der Waals surface area contributed by atoms with Gasteiger partial charge in [0.05, 0.1) is 5.69 Å². The summed E-state index contributed by atoms with van der Waals surface area (Å²) in [5.41, 5.74) is 0.445. The first-order valence-corrected chi connectivity index (χ1v) is 7.85. The average Bonchev–Trinajstić information content (AvgIpc) is 2.45. The molecule has 6 nitrogen and oxygen atoms in total. The number of likely N-dealkylation sites (tertiary alicyclic amines) is 1. The topological polar surface area (TPSA) is 67.4 Å². The second-order valence-electron chi connectivity index (χ2n) is 6.74. The highest BCUT2D eigenvalue weighted by atomic mass is 16.6. The first-order chi connectivity index (χ1) is 10.4. The number of aromatic nitrogens is 2. The standard InChI is InChI=1S/C16H26N4O2/c1-12-14(19-11-13-10-17-7-8-18-13)6-5-9-20(12)15(21)22-16(2,3)4/h7-8,10,12,14,19H,5-6,9,11H2,1-4H3. The normalized spacial score (nSPS) is 22.5. The van der Waals surface area contributed by atoms with Crippen molar-refractivity contribution >= 4 is 6.09 Å². The Kier molecular flexibility index (Phi) is 5.34. The summed E-state index contributed by atoms with van der Waals surface area (Å²) in [6.45, 7) is 9.15. The van der Waals surface area contributed by atoms with Crippen molar-refractivity contribution in [1.82, 2.24) is 20.2 Å². The van der Waals surface area contributed by atoms with E-state index in [2.05, 4.69) is 22.2 Å². The molecule has 0 spiro atoms. The summed E-state index contributed by atoms with van der Waals surface area (Å²) in [6, 6.07) is 0.337. The van der Waals surface area contributed by atoms with Crippen molar-refractivity contribution in [3.05, 3.63) is 24.3 Å². The Balaban J connectivity index is 1.92. The Morgan fingerprint density at radius 1 is 1.45 bits per heavy atom. The van der Waals surface area contributed by atoms with E-state index >= 15 is 0 Å². The van der Waals surface area contributed by atoms with E-state index < -0.39 is 5.60 Å². The molecule has 22 heavy (non-hydrogen) atoms. The minimum atomic E-state index is -0.462. The van der Waals surface area contributed by atoms with Gasteiger partial charge in [-0.1, -0.05) is 0 Å². The fourth-order valence-electron chi connectivity index (χ4n) is 2.65. The van der Waals surface area contributed by atoms with Crippen molar-refractivity contribution in [2.24, 2.45) is 0 Å². The molecule has 0 saturated carbocycles. The van der Waals surface area contributed by atoms with Crippen molar-refractivity contribution in [2.75, 3.05) is 6.54 Å². The smallest absolute Gasteiger partial charge is 0.410 e. The highest BCUT2D eigenvalue weighted by Crippen LogP contribution is 2.21. The number of hydrogen-bond donors (Lipinski definition) is 1. The Labute approximate surface area is 132 Å². The summed E-state index contributed by atoms with van der Waals surface area (Å²) in [5, 5.41) is 3.48.